The molecular weight excluding hydrogens is 440 g/mol. The van der Waals surface area contributed by atoms with E-state index in [1.54, 1.807) is 36.4 Å². The van der Waals surface area contributed by atoms with E-state index in [1.807, 2.05) is 26.8 Å². The molecule has 1 atom stereocenters. The maximum atomic E-state index is 13.4. The predicted octanol–water partition coefficient (Wildman–Crippen LogP) is 6.33. The van der Waals surface area contributed by atoms with Crippen LogP contribution in [0, 0.1) is 20.4 Å². The second kappa shape index (κ2) is 11.8. The molecule has 0 bridgehead atoms. The third-order valence-corrected chi connectivity index (χ3v) is 5.74. The van der Waals surface area contributed by atoms with Crippen LogP contribution in [0.4, 0.5) is 5.69 Å². The average molecular weight is 471 g/mol. The summed E-state index contributed by atoms with van der Waals surface area (Å²) in [4.78, 5) is 28.0. The molecule has 0 aliphatic heterocycles. The van der Waals surface area contributed by atoms with Crippen molar-refractivity contribution in [3.05, 3.63) is 105 Å². The molecule has 6 nitrogen and oxygen atoms in total. The largest absolute Gasteiger partial charge is 0.490 e. The highest BCUT2D eigenvalue weighted by Crippen LogP contribution is 2.24. The number of benzene rings is 3. The number of nitrogens with zero attached hydrogens (tertiary/aromatic N) is 1. The number of ether oxygens (including phenoxy) is 1. The molecule has 0 radical (unpaired) electrons. The summed E-state index contributed by atoms with van der Waals surface area (Å²) < 4.78 is 5.84. The molecule has 0 spiro atoms. The van der Waals surface area contributed by atoms with Crippen LogP contribution in [0.5, 0.6) is 5.75 Å². The number of carbonyl (C=O) groups excluding carboxylic acids is 1. The van der Waals surface area contributed by atoms with E-state index in [1.165, 1.54) is 0 Å². The number of rotatable bonds is 10. The van der Waals surface area contributed by atoms with Crippen molar-refractivity contribution in [2.24, 2.45) is 0 Å². The minimum Gasteiger partial charge on any atom is -0.490 e. The Morgan fingerprint density at radius 1 is 1.06 bits per heavy atom. The fourth-order valence-electron chi connectivity index (χ4n) is 4.06. The number of aryl methyl sites for hydroxylation is 3. The molecule has 180 valence electrons. The first kappa shape index (κ1) is 25.5. The molecule has 1 amide bonds. The number of carboxylic acid groups (broad SMARTS) is 1. The summed E-state index contributed by atoms with van der Waals surface area (Å²) >= 11 is 0. The highest BCUT2D eigenvalue weighted by Gasteiger charge is 2.18. The average Bonchev–Trinajstić information content (AvgIpc) is 2.84. The predicted molar refractivity (Wildman–Crippen MR) is 136 cm³/mol. The van der Waals surface area contributed by atoms with Gasteiger partial charge < -0.3 is 15.2 Å². The molecule has 0 saturated heterocycles. The molecule has 0 saturated carbocycles. The van der Waals surface area contributed by atoms with Crippen LogP contribution in [0.1, 0.15) is 64.0 Å². The Balaban J connectivity index is 1.85. The van der Waals surface area contributed by atoms with Gasteiger partial charge in [-0.2, -0.15) is 0 Å². The van der Waals surface area contributed by atoms with Crippen molar-refractivity contribution in [2.45, 2.75) is 52.7 Å². The van der Waals surface area contributed by atoms with Gasteiger partial charge in [-0.1, -0.05) is 60.5 Å². The van der Waals surface area contributed by atoms with E-state index < -0.39 is 5.97 Å². The van der Waals surface area contributed by atoms with Crippen LogP contribution >= 0.6 is 0 Å². The zero-order chi connectivity index (χ0) is 25.4. The van der Waals surface area contributed by atoms with Crippen LogP contribution in [0.2, 0.25) is 0 Å². The van der Waals surface area contributed by atoms with Gasteiger partial charge in [-0.15, -0.1) is 0 Å². The number of amides is 1. The number of hydrogen-bond donors (Lipinski definition) is 2. The van der Waals surface area contributed by atoms with E-state index >= 15 is 0 Å². The van der Waals surface area contributed by atoms with Crippen molar-refractivity contribution >= 4 is 17.6 Å². The molecular formula is C29H30N2O4. The zero-order valence-corrected chi connectivity index (χ0v) is 20.3. The minimum atomic E-state index is -0.912. The van der Waals surface area contributed by atoms with Gasteiger partial charge in [0.2, 0.25) is 0 Å². The normalized spacial score (nSPS) is 11.4. The van der Waals surface area contributed by atoms with Crippen LogP contribution in [0.15, 0.2) is 60.7 Å². The lowest BCUT2D eigenvalue weighted by Gasteiger charge is -2.20. The van der Waals surface area contributed by atoms with E-state index in [0.717, 1.165) is 28.7 Å². The van der Waals surface area contributed by atoms with Crippen molar-refractivity contribution in [3.63, 3.8) is 0 Å². The van der Waals surface area contributed by atoms with Gasteiger partial charge in [0, 0.05) is 12.0 Å². The highest BCUT2D eigenvalue weighted by atomic mass is 16.5. The Labute approximate surface area is 206 Å². The molecule has 1 unspecified atom stereocenters. The van der Waals surface area contributed by atoms with E-state index in [-0.39, 0.29) is 31.4 Å². The molecule has 35 heavy (non-hydrogen) atoms. The molecule has 0 heterocycles. The Bertz CT molecular complexity index is 1240. The lowest BCUT2D eigenvalue weighted by molar-refractivity contribution is -0.136. The van der Waals surface area contributed by atoms with Crippen LogP contribution in [0.3, 0.4) is 0 Å². The van der Waals surface area contributed by atoms with Crippen LogP contribution in [0.25, 0.3) is 4.85 Å². The lowest BCUT2D eigenvalue weighted by atomic mass is 9.97. The highest BCUT2D eigenvalue weighted by molar-refractivity contribution is 5.96. The van der Waals surface area contributed by atoms with Crippen LogP contribution in [-0.2, 0) is 17.8 Å². The minimum absolute atomic E-state index is 0.0617. The second-order valence-corrected chi connectivity index (χ2v) is 8.64. The summed E-state index contributed by atoms with van der Waals surface area (Å²) in [5, 5.41) is 12.3. The second-order valence-electron chi connectivity index (χ2n) is 8.64. The summed E-state index contributed by atoms with van der Waals surface area (Å²) in [5.41, 5.74) is 5.71. The zero-order valence-electron chi connectivity index (χ0n) is 20.3. The van der Waals surface area contributed by atoms with Crippen molar-refractivity contribution in [1.29, 1.82) is 0 Å². The van der Waals surface area contributed by atoms with Crippen molar-refractivity contribution in [1.82, 2.24) is 5.32 Å². The standard InChI is InChI=1S/C29H30N2O4/c1-5-27(23-14-19(2)13-20(3)15-23)31-29(34)26-16-21(9-10-22(26)11-12-28(32)33)18-35-25-8-6-7-24(17-25)30-4/h6-10,13-17,27H,5,11-12,18H2,1-3H3,(H,31,34)(H,32,33). The quantitative estimate of drug-likeness (QED) is 0.339. The molecule has 0 aliphatic rings. The first-order valence-corrected chi connectivity index (χ1v) is 11.6. The lowest BCUT2D eigenvalue weighted by Crippen LogP contribution is -2.29. The third-order valence-electron chi connectivity index (χ3n) is 5.74. The number of carboxylic acids is 1. The molecule has 0 aromatic heterocycles. The van der Waals surface area contributed by atoms with E-state index in [2.05, 4.69) is 28.4 Å². The number of hydrogen-bond acceptors (Lipinski definition) is 3. The summed E-state index contributed by atoms with van der Waals surface area (Å²) in [6.45, 7) is 13.5. The van der Waals surface area contributed by atoms with Gasteiger partial charge in [-0.3, -0.25) is 9.59 Å². The third kappa shape index (κ3) is 7.18. The smallest absolute Gasteiger partial charge is 0.303 e. The Hall–Kier alpha value is -4.11. The van der Waals surface area contributed by atoms with Crippen LogP contribution < -0.4 is 10.1 Å². The van der Waals surface area contributed by atoms with Gasteiger partial charge in [-0.05, 0) is 61.6 Å². The van der Waals surface area contributed by atoms with Gasteiger partial charge in [-0.25, -0.2) is 4.85 Å². The molecule has 3 aromatic rings. The maximum absolute atomic E-state index is 13.4. The van der Waals surface area contributed by atoms with Crippen molar-refractivity contribution in [3.8, 4) is 5.75 Å². The Kier molecular flexibility index (Phi) is 8.63. The van der Waals surface area contributed by atoms with Gasteiger partial charge in [0.25, 0.3) is 5.91 Å². The number of nitrogens with one attached hydrogen (secondary N) is 1. The van der Waals surface area contributed by atoms with Gasteiger partial charge in [0.05, 0.1) is 12.6 Å². The molecule has 3 aromatic carbocycles. The fourth-order valence-corrected chi connectivity index (χ4v) is 4.06. The van der Waals surface area contributed by atoms with Crippen molar-refractivity contribution < 1.29 is 19.4 Å². The molecule has 6 heteroatoms. The first-order chi connectivity index (χ1) is 16.8. The maximum Gasteiger partial charge on any atom is 0.303 e. The topological polar surface area (TPSA) is 80.0 Å². The SMILES string of the molecule is [C-]#[N+]c1cccc(OCc2ccc(CCC(=O)O)c(C(=O)NC(CC)c3cc(C)cc(C)c3)c2)c1. The van der Waals surface area contributed by atoms with Gasteiger partial charge in [0.1, 0.15) is 12.4 Å². The van der Waals surface area contributed by atoms with Gasteiger partial charge >= 0.3 is 5.97 Å². The Morgan fingerprint density at radius 2 is 1.80 bits per heavy atom. The summed E-state index contributed by atoms with van der Waals surface area (Å²) in [6, 6.07) is 18.4. The van der Waals surface area contributed by atoms with E-state index in [0.29, 0.717) is 22.6 Å². The molecule has 3 rings (SSSR count). The van der Waals surface area contributed by atoms with E-state index in [9.17, 15) is 9.59 Å². The van der Waals surface area contributed by atoms with Gasteiger partial charge in [0.15, 0.2) is 5.69 Å². The molecule has 0 aliphatic carbocycles. The number of carbonyl (C=O) groups is 2. The summed E-state index contributed by atoms with van der Waals surface area (Å²) in [6.07, 6.45) is 0.916. The molecule has 2 N–H and O–H groups in total. The van der Waals surface area contributed by atoms with Crippen molar-refractivity contribution in [2.75, 3.05) is 0 Å². The Morgan fingerprint density at radius 3 is 2.46 bits per heavy atom. The fraction of sp³-hybridized carbons (Fsp3) is 0.276. The molecule has 0 fully saturated rings. The van der Waals surface area contributed by atoms with E-state index in [4.69, 9.17) is 16.4 Å². The first-order valence-electron chi connectivity index (χ1n) is 11.6. The van der Waals surface area contributed by atoms with Crippen LogP contribution in [-0.4, -0.2) is 17.0 Å². The summed E-state index contributed by atoms with van der Waals surface area (Å²) in [5.74, 6) is -0.585. The summed E-state index contributed by atoms with van der Waals surface area (Å²) in [7, 11) is 0. The number of aliphatic carboxylic acids is 1. The monoisotopic (exact) mass is 470 g/mol.